The average Bonchev–Trinajstić information content (AvgIpc) is 3.51. The second-order valence-corrected chi connectivity index (χ2v) is 12.7. The van der Waals surface area contributed by atoms with Gasteiger partial charge in [-0.15, -0.1) is 6.58 Å². The quantitative estimate of drug-likeness (QED) is 0.322. The highest BCUT2D eigenvalue weighted by Crippen LogP contribution is 2.68. The number of benzene rings is 1. The van der Waals surface area contributed by atoms with Gasteiger partial charge in [0.1, 0.15) is 23.1 Å². The van der Waals surface area contributed by atoms with E-state index < -0.39 is 22.9 Å². The number of thioether (sulfide) groups is 4. The number of nitrogens with one attached hydrogen (secondary N) is 2. The van der Waals surface area contributed by atoms with Crippen molar-refractivity contribution in [3.63, 3.8) is 0 Å². The van der Waals surface area contributed by atoms with E-state index in [1.165, 1.54) is 47.0 Å². The highest BCUT2D eigenvalue weighted by atomic mass is 32.2. The maximum atomic E-state index is 12.9. The van der Waals surface area contributed by atoms with E-state index in [1.54, 1.807) is 0 Å². The molecule has 0 saturated carbocycles. The van der Waals surface area contributed by atoms with Crippen molar-refractivity contribution in [2.45, 2.75) is 33.4 Å². The molecule has 0 atom stereocenters. The summed E-state index contributed by atoms with van der Waals surface area (Å²) in [6.45, 7) is 19.5. The Labute approximate surface area is 242 Å². The Balaban J connectivity index is 1.80. The van der Waals surface area contributed by atoms with Gasteiger partial charge in [-0.2, -0.15) is 5.26 Å². The number of nitrogens with zero attached hydrogens (tertiary/aromatic N) is 2. The van der Waals surface area contributed by atoms with Crippen LogP contribution in [0.2, 0.25) is 0 Å². The summed E-state index contributed by atoms with van der Waals surface area (Å²) in [7, 11) is 0. The van der Waals surface area contributed by atoms with E-state index in [2.05, 4.69) is 28.0 Å². The molecule has 3 aromatic rings. The summed E-state index contributed by atoms with van der Waals surface area (Å²) in [5.41, 5.74) is -1.42. The van der Waals surface area contributed by atoms with E-state index in [-0.39, 0.29) is 32.1 Å². The lowest BCUT2D eigenvalue weighted by molar-refractivity contribution is 0.300. The molecule has 0 radical (unpaired) electrons. The SMILES string of the molecule is [C-]#[N+]c1c(O)[nH]c(=O)c(=C2Sc3c(OCC)c4c(c(OCC)c3S2)SC(=c2c(=O)[nH]c(O)c(C#N)c2=C)S4)c1=C. The lowest BCUT2D eigenvalue weighted by Crippen LogP contribution is -2.42. The fourth-order valence-corrected chi connectivity index (χ4v) is 9.83. The van der Waals surface area contributed by atoms with Gasteiger partial charge in [-0.25, -0.2) is 4.85 Å². The molecule has 0 fully saturated rings. The standard InChI is InChI=1S/C26H18N4O6S4/c1-6-35-15-17-18(38-25(37-17)12-9(3)11(8-27)21(31)29-22(12)32)16(36-7-2)20-19(15)39-26(40-20)13-10(4)14(28-5)24(34)30-23(13)33/h31,34H,3-4,6-7H2,1-2H3,(H,29,32)(H,30,33). The summed E-state index contributed by atoms with van der Waals surface area (Å²) in [5, 5.41) is 30.1. The Morgan fingerprint density at radius 1 is 0.850 bits per heavy atom. The molecule has 0 saturated heterocycles. The normalized spacial score (nSPS) is 13.5. The van der Waals surface area contributed by atoms with E-state index in [1.807, 2.05) is 19.9 Å². The zero-order valence-corrected chi connectivity index (χ0v) is 24.1. The van der Waals surface area contributed by atoms with Crippen molar-refractivity contribution in [2.75, 3.05) is 13.2 Å². The predicted octanol–water partition coefficient (Wildman–Crippen LogP) is 2.44. The van der Waals surface area contributed by atoms with Crippen LogP contribution in [0.15, 0.2) is 29.2 Å². The number of hydrogen-bond donors (Lipinski definition) is 4. The van der Waals surface area contributed by atoms with Crippen LogP contribution in [0.5, 0.6) is 23.3 Å². The van der Waals surface area contributed by atoms with Crippen LogP contribution in [-0.2, 0) is 0 Å². The van der Waals surface area contributed by atoms with Gasteiger partial charge in [0.25, 0.3) is 16.8 Å². The fraction of sp³-hybridized carbons (Fsp3) is 0.154. The average molecular weight is 611 g/mol. The van der Waals surface area contributed by atoms with Gasteiger partial charge in [0.2, 0.25) is 5.88 Å². The molecule has 40 heavy (non-hydrogen) atoms. The molecule has 2 aromatic heterocycles. The molecule has 14 heteroatoms. The molecule has 10 nitrogen and oxygen atoms in total. The largest absolute Gasteiger partial charge is 0.503 e. The van der Waals surface area contributed by atoms with E-state index >= 15 is 0 Å². The Bertz CT molecular complexity index is 1890. The van der Waals surface area contributed by atoms with Crippen molar-refractivity contribution in [3.05, 3.63) is 58.6 Å². The third-order valence-electron chi connectivity index (χ3n) is 5.80. The molecule has 5 rings (SSSR count). The predicted molar refractivity (Wildman–Crippen MR) is 157 cm³/mol. The third-order valence-corrected chi connectivity index (χ3v) is 11.0. The highest BCUT2D eigenvalue weighted by Gasteiger charge is 2.37. The maximum Gasteiger partial charge on any atom is 0.260 e. The van der Waals surface area contributed by atoms with Crippen LogP contribution in [0.3, 0.4) is 0 Å². The van der Waals surface area contributed by atoms with Crippen molar-refractivity contribution in [3.8, 4) is 29.3 Å². The minimum Gasteiger partial charge on any atom is -0.503 e. The van der Waals surface area contributed by atoms with Crippen LogP contribution in [0, 0.1) is 17.9 Å². The van der Waals surface area contributed by atoms with Crippen LogP contribution >= 0.6 is 47.0 Å². The number of fused-ring (bicyclic) bond motifs is 2. The van der Waals surface area contributed by atoms with E-state index in [0.717, 1.165) is 0 Å². The van der Waals surface area contributed by atoms with Gasteiger partial charge >= 0.3 is 0 Å². The molecule has 0 spiro atoms. The molecular weight excluding hydrogens is 593 g/mol. The second-order valence-electron chi connectivity index (χ2n) is 8.08. The molecule has 2 aliphatic heterocycles. The van der Waals surface area contributed by atoms with E-state index in [9.17, 15) is 25.1 Å². The van der Waals surface area contributed by atoms with E-state index in [0.29, 0.717) is 52.8 Å². The van der Waals surface area contributed by atoms with E-state index in [4.69, 9.17) is 16.0 Å². The number of nitriles is 1. The highest BCUT2D eigenvalue weighted by molar-refractivity contribution is 8.33. The van der Waals surface area contributed by atoms with Gasteiger partial charge in [-0.3, -0.25) is 14.6 Å². The summed E-state index contributed by atoms with van der Waals surface area (Å²) in [6, 6.07) is 1.88. The lowest BCUT2D eigenvalue weighted by Gasteiger charge is -2.16. The summed E-state index contributed by atoms with van der Waals surface area (Å²) >= 11 is 5.07. The third kappa shape index (κ3) is 4.24. The van der Waals surface area contributed by atoms with Crippen LogP contribution in [-0.4, -0.2) is 33.4 Å². The molecule has 4 N–H and O–H groups in total. The Kier molecular flexibility index (Phi) is 7.37. The summed E-state index contributed by atoms with van der Waals surface area (Å²) in [6.07, 6.45) is 0. The first-order chi connectivity index (χ1) is 19.2. The number of hydrogen-bond acceptors (Lipinski definition) is 11. The Morgan fingerprint density at radius 3 is 1.68 bits per heavy atom. The first kappa shape index (κ1) is 27.7. The monoisotopic (exact) mass is 610 g/mol. The number of H-pyrrole nitrogens is 2. The molecule has 4 heterocycles. The van der Waals surface area contributed by atoms with Crippen molar-refractivity contribution >= 4 is 74.4 Å². The number of rotatable bonds is 4. The van der Waals surface area contributed by atoms with Gasteiger partial charge in [0.15, 0.2) is 5.88 Å². The maximum absolute atomic E-state index is 12.9. The molecule has 2 aliphatic rings. The van der Waals surface area contributed by atoms with Gasteiger partial charge in [-0.1, -0.05) is 53.6 Å². The molecule has 1 aromatic carbocycles. The van der Waals surface area contributed by atoms with Crippen molar-refractivity contribution in [2.24, 2.45) is 0 Å². The van der Waals surface area contributed by atoms with Crippen molar-refractivity contribution in [1.82, 2.24) is 9.97 Å². The van der Waals surface area contributed by atoms with Gasteiger partial charge in [0, 0.05) is 5.22 Å². The molecule has 0 amide bonds. The van der Waals surface area contributed by atoms with Gasteiger partial charge < -0.3 is 24.7 Å². The smallest absolute Gasteiger partial charge is 0.260 e. The van der Waals surface area contributed by atoms with Gasteiger partial charge in [0.05, 0.1) is 58.3 Å². The van der Waals surface area contributed by atoms with Crippen LogP contribution < -0.4 is 41.5 Å². The van der Waals surface area contributed by atoms with Crippen LogP contribution in [0.1, 0.15) is 19.4 Å². The van der Waals surface area contributed by atoms with Crippen molar-refractivity contribution < 1.29 is 19.7 Å². The second kappa shape index (κ2) is 10.6. The minimum absolute atomic E-state index is 0.111. The fourth-order valence-electron chi connectivity index (χ4n) is 4.09. The number of aromatic nitrogens is 2. The molecule has 202 valence electrons. The summed E-state index contributed by atoms with van der Waals surface area (Å²) in [4.78, 5) is 36.5. The molecular formula is C26H18N4O6S4. The molecule has 0 aliphatic carbocycles. The number of pyridine rings is 2. The first-order valence-corrected chi connectivity index (χ1v) is 14.8. The summed E-state index contributed by atoms with van der Waals surface area (Å²) in [5.74, 6) is -0.0112. The number of aromatic amines is 2. The van der Waals surface area contributed by atoms with Gasteiger partial charge in [-0.05, 0) is 19.1 Å². The first-order valence-electron chi connectivity index (χ1n) is 11.5. The van der Waals surface area contributed by atoms with Crippen LogP contribution in [0.4, 0.5) is 5.69 Å². The zero-order valence-electron chi connectivity index (χ0n) is 20.9. The zero-order chi connectivity index (χ0) is 28.9. The topological polar surface area (TPSA) is 153 Å². The Hall–Kier alpha value is -3.82. The van der Waals surface area contributed by atoms with Crippen LogP contribution in [0.25, 0.3) is 26.5 Å². The number of aromatic hydroxyl groups is 2. The van der Waals surface area contributed by atoms with Crippen molar-refractivity contribution in [1.29, 1.82) is 5.26 Å². The number of ether oxygens (including phenoxy) is 2. The minimum atomic E-state index is -0.586. The summed E-state index contributed by atoms with van der Waals surface area (Å²) < 4.78 is 13.3. The molecule has 0 unspecified atom stereocenters. The lowest BCUT2D eigenvalue weighted by atomic mass is 10.2. The Morgan fingerprint density at radius 2 is 1.27 bits per heavy atom. The molecule has 0 bridgehead atoms.